The lowest BCUT2D eigenvalue weighted by Crippen LogP contribution is -2.42. The Morgan fingerprint density at radius 1 is 1.56 bits per heavy atom. The summed E-state index contributed by atoms with van der Waals surface area (Å²) in [6.07, 6.45) is 3.06. The first-order valence-corrected chi connectivity index (χ1v) is 7.63. The van der Waals surface area contributed by atoms with Gasteiger partial charge in [-0.25, -0.2) is 0 Å². The van der Waals surface area contributed by atoms with Gasteiger partial charge in [0.05, 0.1) is 0 Å². The van der Waals surface area contributed by atoms with E-state index >= 15 is 0 Å². The standard InChI is InChI=1S/C14H20N2OS/c1-10(18-2)9-16-14(17)13-12-6-4-3-5-11(12)7-8-15-13/h3-6,10,13,15H,7-9H2,1-2H3,(H,16,17)/t10-,13+/m0/s1. The fourth-order valence-electron chi connectivity index (χ4n) is 2.17. The molecule has 18 heavy (non-hydrogen) atoms. The minimum atomic E-state index is -0.191. The first-order valence-electron chi connectivity index (χ1n) is 6.34. The van der Waals surface area contributed by atoms with E-state index in [1.807, 2.05) is 18.2 Å². The number of benzene rings is 1. The van der Waals surface area contributed by atoms with E-state index in [1.165, 1.54) is 5.56 Å². The molecule has 4 heteroatoms. The Morgan fingerprint density at radius 2 is 2.33 bits per heavy atom. The van der Waals surface area contributed by atoms with E-state index in [4.69, 9.17) is 0 Å². The molecule has 1 amide bonds. The Bertz CT molecular complexity index is 422. The van der Waals surface area contributed by atoms with Crippen LogP contribution in [0.3, 0.4) is 0 Å². The second-order valence-corrected chi connectivity index (χ2v) is 5.90. The Hall–Kier alpha value is -1.00. The number of amides is 1. The van der Waals surface area contributed by atoms with Gasteiger partial charge in [0.15, 0.2) is 0 Å². The van der Waals surface area contributed by atoms with Crippen LogP contribution in [0.2, 0.25) is 0 Å². The molecule has 0 bridgehead atoms. The minimum Gasteiger partial charge on any atom is -0.353 e. The van der Waals surface area contributed by atoms with Crippen LogP contribution in [0.4, 0.5) is 0 Å². The van der Waals surface area contributed by atoms with Gasteiger partial charge in [-0.05, 0) is 23.8 Å². The molecule has 3 nitrogen and oxygen atoms in total. The molecule has 1 aliphatic rings. The van der Waals surface area contributed by atoms with Crippen LogP contribution >= 0.6 is 11.8 Å². The van der Waals surface area contributed by atoms with Crippen LogP contribution < -0.4 is 10.6 Å². The highest BCUT2D eigenvalue weighted by molar-refractivity contribution is 7.99. The third-order valence-corrected chi connectivity index (χ3v) is 4.31. The Labute approximate surface area is 113 Å². The highest BCUT2D eigenvalue weighted by Crippen LogP contribution is 2.22. The van der Waals surface area contributed by atoms with E-state index in [0.29, 0.717) is 5.25 Å². The van der Waals surface area contributed by atoms with Gasteiger partial charge >= 0.3 is 0 Å². The molecule has 1 aromatic rings. The second-order valence-electron chi connectivity index (χ2n) is 4.63. The Kier molecular flexibility index (Phi) is 4.66. The molecule has 1 aliphatic heterocycles. The van der Waals surface area contributed by atoms with E-state index in [9.17, 15) is 4.79 Å². The predicted octanol–water partition coefficient (Wildman–Crippen LogP) is 1.74. The highest BCUT2D eigenvalue weighted by atomic mass is 32.2. The summed E-state index contributed by atoms with van der Waals surface area (Å²) < 4.78 is 0. The Morgan fingerprint density at radius 3 is 3.11 bits per heavy atom. The molecular weight excluding hydrogens is 244 g/mol. The van der Waals surface area contributed by atoms with Crippen LogP contribution in [-0.4, -0.2) is 30.5 Å². The molecule has 0 radical (unpaired) electrons. The summed E-state index contributed by atoms with van der Waals surface area (Å²) in [6.45, 7) is 3.71. The van der Waals surface area contributed by atoms with Gasteiger partial charge in [0.25, 0.3) is 0 Å². The maximum Gasteiger partial charge on any atom is 0.241 e. The molecule has 0 fully saturated rings. The molecular formula is C14H20N2OS. The van der Waals surface area contributed by atoms with E-state index in [1.54, 1.807) is 11.8 Å². The zero-order chi connectivity index (χ0) is 13.0. The van der Waals surface area contributed by atoms with Gasteiger partial charge in [0, 0.05) is 18.3 Å². The van der Waals surface area contributed by atoms with Gasteiger partial charge in [-0.15, -0.1) is 0 Å². The van der Waals surface area contributed by atoms with Crippen LogP contribution in [0.15, 0.2) is 24.3 Å². The number of carbonyl (C=O) groups excluding carboxylic acids is 1. The third-order valence-electron chi connectivity index (χ3n) is 3.34. The van der Waals surface area contributed by atoms with Crippen molar-refractivity contribution in [3.63, 3.8) is 0 Å². The highest BCUT2D eigenvalue weighted by Gasteiger charge is 2.25. The van der Waals surface area contributed by atoms with Crippen LogP contribution in [0.5, 0.6) is 0 Å². The van der Waals surface area contributed by atoms with Crippen molar-refractivity contribution in [2.75, 3.05) is 19.3 Å². The summed E-state index contributed by atoms with van der Waals surface area (Å²) in [5.74, 6) is 0.0862. The summed E-state index contributed by atoms with van der Waals surface area (Å²) in [7, 11) is 0. The maximum absolute atomic E-state index is 12.2. The lowest BCUT2D eigenvalue weighted by atomic mass is 9.94. The number of carbonyl (C=O) groups is 1. The predicted molar refractivity (Wildman–Crippen MR) is 76.9 cm³/mol. The van der Waals surface area contributed by atoms with Crippen molar-refractivity contribution in [1.29, 1.82) is 0 Å². The maximum atomic E-state index is 12.2. The van der Waals surface area contributed by atoms with Crippen molar-refractivity contribution >= 4 is 17.7 Å². The molecule has 2 atom stereocenters. The number of nitrogens with one attached hydrogen (secondary N) is 2. The van der Waals surface area contributed by atoms with E-state index in [2.05, 4.69) is 29.9 Å². The molecule has 1 heterocycles. The quantitative estimate of drug-likeness (QED) is 0.870. The van der Waals surface area contributed by atoms with Crippen LogP contribution in [0, 0.1) is 0 Å². The van der Waals surface area contributed by atoms with Crippen molar-refractivity contribution < 1.29 is 4.79 Å². The zero-order valence-corrected chi connectivity index (χ0v) is 11.7. The fraction of sp³-hybridized carbons (Fsp3) is 0.500. The van der Waals surface area contributed by atoms with Crippen molar-refractivity contribution in [2.45, 2.75) is 24.6 Å². The summed E-state index contributed by atoms with van der Waals surface area (Å²) >= 11 is 1.76. The average Bonchev–Trinajstić information content (AvgIpc) is 2.43. The molecule has 1 aromatic carbocycles. The zero-order valence-electron chi connectivity index (χ0n) is 10.9. The molecule has 0 aliphatic carbocycles. The van der Waals surface area contributed by atoms with E-state index < -0.39 is 0 Å². The summed E-state index contributed by atoms with van der Waals surface area (Å²) in [5, 5.41) is 6.77. The van der Waals surface area contributed by atoms with Gasteiger partial charge in [0.2, 0.25) is 5.91 Å². The van der Waals surface area contributed by atoms with Crippen molar-refractivity contribution in [1.82, 2.24) is 10.6 Å². The minimum absolute atomic E-state index is 0.0862. The number of thioether (sulfide) groups is 1. The lowest BCUT2D eigenvalue weighted by molar-refractivity contribution is -0.123. The van der Waals surface area contributed by atoms with Gasteiger partial charge in [-0.2, -0.15) is 11.8 Å². The van der Waals surface area contributed by atoms with Crippen molar-refractivity contribution in [3.8, 4) is 0 Å². The number of hydrogen-bond donors (Lipinski definition) is 2. The number of hydrogen-bond acceptors (Lipinski definition) is 3. The SMILES string of the molecule is CS[C@@H](C)CNC(=O)[C@@H]1NCCc2ccccc21. The smallest absolute Gasteiger partial charge is 0.241 e. The van der Waals surface area contributed by atoms with Gasteiger partial charge < -0.3 is 10.6 Å². The van der Waals surface area contributed by atoms with Crippen molar-refractivity contribution in [3.05, 3.63) is 35.4 Å². The summed E-state index contributed by atoms with van der Waals surface area (Å²) in [5.41, 5.74) is 2.41. The molecule has 0 aromatic heterocycles. The largest absolute Gasteiger partial charge is 0.353 e. The third kappa shape index (κ3) is 3.06. The normalized spacial score (nSPS) is 20.0. The van der Waals surface area contributed by atoms with Crippen LogP contribution in [0.1, 0.15) is 24.1 Å². The first-order chi connectivity index (χ1) is 8.72. The Balaban J connectivity index is 2.04. The van der Waals surface area contributed by atoms with Gasteiger partial charge in [-0.1, -0.05) is 31.2 Å². The molecule has 0 unspecified atom stereocenters. The molecule has 0 saturated carbocycles. The van der Waals surface area contributed by atoms with Gasteiger partial charge in [0.1, 0.15) is 6.04 Å². The van der Waals surface area contributed by atoms with Gasteiger partial charge in [-0.3, -0.25) is 4.79 Å². The van der Waals surface area contributed by atoms with E-state index in [-0.39, 0.29) is 11.9 Å². The fourth-order valence-corrected chi connectivity index (χ4v) is 2.42. The summed E-state index contributed by atoms with van der Waals surface area (Å²) in [4.78, 5) is 12.2. The number of rotatable bonds is 4. The monoisotopic (exact) mass is 264 g/mol. The molecule has 98 valence electrons. The molecule has 2 N–H and O–H groups in total. The van der Waals surface area contributed by atoms with Crippen LogP contribution in [0.25, 0.3) is 0 Å². The van der Waals surface area contributed by atoms with Crippen molar-refractivity contribution in [2.24, 2.45) is 0 Å². The molecule has 0 saturated heterocycles. The lowest BCUT2D eigenvalue weighted by Gasteiger charge is -2.26. The first kappa shape index (κ1) is 13.4. The molecule has 0 spiro atoms. The molecule has 2 rings (SSSR count). The summed E-state index contributed by atoms with van der Waals surface area (Å²) in [6, 6.07) is 8.00. The topological polar surface area (TPSA) is 41.1 Å². The average molecular weight is 264 g/mol. The van der Waals surface area contributed by atoms with E-state index in [0.717, 1.165) is 25.1 Å². The van der Waals surface area contributed by atoms with Crippen LogP contribution in [-0.2, 0) is 11.2 Å². The second kappa shape index (κ2) is 6.25. The number of fused-ring (bicyclic) bond motifs is 1.